The first-order chi connectivity index (χ1) is 7.45. The third kappa shape index (κ3) is 3.50. The lowest BCUT2D eigenvalue weighted by atomic mass is 9.85. The number of benzene rings is 1. The third-order valence-corrected chi connectivity index (χ3v) is 2.98. The molecule has 1 aromatic rings. The maximum atomic E-state index is 11.0. The maximum absolute atomic E-state index is 11.0. The predicted molar refractivity (Wildman–Crippen MR) is 67.9 cm³/mol. The Morgan fingerprint density at radius 2 is 1.94 bits per heavy atom. The van der Waals surface area contributed by atoms with E-state index in [-0.39, 0.29) is 11.4 Å². The summed E-state index contributed by atoms with van der Waals surface area (Å²) in [6.45, 7) is 4.65. The summed E-state index contributed by atoms with van der Waals surface area (Å²) in [7, 11) is 0. The van der Waals surface area contributed by atoms with E-state index in [4.69, 9.17) is 5.84 Å². The van der Waals surface area contributed by atoms with E-state index in [1.54, 1.807) is 0 Å². The number of hydrogen-bond acceptors (Lipinski definition) is 2. The van der Waals surface area contributed by atoms with Gasteiger partial charge in [0.2, 0.25) is 0 Å². The molecule has 0 atom stereocenters. The second-order valence-electron chi connectivity index (χ2n) is 4.22. The molecule has 1 aromatic carbocycles. The van der Waals surface area contributed by atoms with E-state index in [0.29, 0.717) is 6.54 Å². The Morgan fingerprint density at radius 1 is 1.38 bits per heavy atom. The van der Waals surface area contributed by atoms with Gasteiger partial charge in [0.15, 0.2) is 0 Å². The minimum atomic E-state index is -0.370. The van der Waals surface area contributed by atoms with E-state index < -0.39 is 0 Å². The van der Waals surface area contributed by atoms with Crippen LogP contribution in [0.2, 0.25) is 0 Å². The monoisotopic (exact) mass is 285 g/mol. The number of urea groups is 1. The van der Waals surface area contributed by atoms with Gasteiger partial charge in [-0.3, -0.25) is 5.43 Å². The van der Waals surface area contributed by atoms with E-state index in [9.17, 15) is 4.79 Å². The number of halogens is 1. The second kappa shape index (κ2) is 5.32. The van der Waals surface area contributed by atoms with Gasteiger partial charge in [0, 0.05) is 16.4 Å². The molecule has 16 heavy (non-hydrogen) atoms. The summed E-state index contributed by atoms with van der Waals surface area (Å²) in [5.41, 5.74) is 3.07. The van der Waals surface area contributed by atoms with E-state index in [2.05, 4.69) is 35.1 Å². The molecule has 0 spiro atoms. The summed E-state index contributed by atoms with van der Waals surface area (Å²) >= 11 is 3.39. The van der Waals surface area contributed by atoms with E-state index in [1.807, 2.05) is 29.7 Å². The highest BCUT2D eigenvalue weighted by Gasteiger charge is 2.20. The van der Waals surface area contributed by atoms with Crippen molar-refractivity contribution in [3.05, 3.63) is 34.3 Å². The maximum Gasteiger partial charge on any atom is 0.328 e. The van der Waals surface area contributed by atoms with Crippen LogP contribution >= 0.6 is 15.9 Å². The molecule has 0 unspecified atom stereocenters. The highest BCUT2D eigenvalue weighted by Crippen LogP contribution is 2.23. The molecule has 4 nitrogen and oxygen atoms in total. The Labute approximate surface area is 104 Å². The fraction of sp³-hybridized carbons (Fsp3) is 0.364. The van der Waals surface area contributed by atoms with Crippen LogP contribution in [0.15, 0.2) is 28.7 Å². The summed E-state index contributed by atoms with van der Waals surface area (Å²) in [4.78, 5) is 11.0. The average molecular weight is 286 g/mol. The first-order valence-electron chi connectivity index (χ1n) is 4.96. The van der Waals surface area contributed by atoms with Gasteiger partial charge in [-0.15, -0.1) is 0 Å². The molecule has 0 aliphatic heterocycles. The van der Waals surface area contributed by atoms with Crippen LogP contribution in [0.3, 0.4) is 0 Å². The average Bonchev–Trinajstić information content (AvgIpc) is 2.26. The Bertz CT molecular complexity index is 362. The van der Waals surface area contributed by atoms with Crippen LogP contribution in [0.1, 0.15) is 19.4 Å². The Kier molecular flexibility index (Phi) is 4.32. The number of nitrogens with one attached hydrogen (secondary N) is 2. The predicted octanol–water partition coefficient (Wildman–Crippen LogP) is 1.90. The summed E-state index contributed by atoms with van der Waals surface area (Å²) < 4.78 is 1.04. The highest BCUT2D eigenvalue weighted by molar-refractivity contribution is 9.10. The molecule has 0 saturated carbocycles. The van der Waals surface area contributed by atoms with Gasteiger partial charge in [0.05, 0.1) is 0 Å². The first-order valence-corrected chi connectivity index (χ1v) is 5.75. The van der Waals surface area contributed by atoms with Crippen molar-refractivity contribution in [2.75, 3.05) is 6.54 Å². The van der Waals surface area contributed by atoms with Gasteiger partial charge in [0.1, 0.15) is 0 Å². The second-order valence-corrected chi connectivity index (χ2v) is 5.13. The molecule has 1 rings (SSSR count). The zero-order chi connectivity index (χ0) is 12.2. The number of hydrogen-bond donors (Lipinski definition) is 3. The largest absolute Gasteiger partial charge is 0.336 e. The molecular weight excluding hydrogens is 270 g/mol. The van der Waals surface area contributed by atoms with Crippen molar-refractivity contribution in [2.24, 2.45) is 5.84 Å². The lowest BCUT2D eigenvalue weighted by Gasteiger charge is -2.25. The summed E-state index contributed by atoms with van der Waals surface area (Å²) in [6, 6.07) is 7.67. The summed E-state index contributed by atoms with van der Waals surface area (Å²) in [5.74, 6) is 4.99. The normalized spacial score (nSPS) is 11.0. The van der Waals surface area contributed by atoms with E-state index in [1.165, 1.54) is 0 Å². The molecule has 2 amide bonds. The lowest BCUT2D eigenvalue weighted by Crippen LogP contribution is -2.44. The van der Waals surface area contributed by atoms with Crippen LogP contribution in [-0.4, -0.2) is 12.6 Å². The smallest absolute Gasteiger partial charge is 0.328 e. The van der Waals surface area contributed by atoms with Crippen molar-refractivity contribution in [2.45, 2.75) is 19.3 Å². The number of carbonyl (C=O) groups is 1. The molecule has 0 bridgehead atoms. The van der Waals surface area contributed by atoms with Crippen LogP contribution in [0.4, 0.5) is 4.79 Å². The third-order valence-electron chi connectivity index (χ3n) is 2.45. The van der Waals surface area contributed by atoms with Crippen molar-refractivity contribution >= 4 is 22.0 Å². The van der Waals surface area contributed by atoms with Gasteiger partial charge >= 0.3 is 6.03 Å². The topological polar surface area (TPSA) is 67.2 Å². The molecule has 0 aliphatic rings. The molecule has 4 N–H and O–H groups in total. The van der Waals surface area contributed by atoms with Crippen molar-refractivity contribution in [3.63, 3.8) is 0 Å². The van der Waals surface area contributed by atoms with Gasteiger partial charge in [-0.25, -0.2) is 10.6 Å². The zero-order valence-corrected chi connectivity index (χ0v) is 11.0. The van der Waals surface area contributed by atoms with Crippen LogP contribution in [0.25, 0.3) is 0 Å². The zero-order valence-electron chi connectivity index (χ0n) is 9.38. The number of amides is 2. The van der Waals surface area contributed by atoms with Crippen molar-refractivity contribution < 1.29 is 4.79 Å². The number of hydrazine groups is 1. The van der Waals surface area contributed by atoms with Crippen LogP contribution < -0.4 is 16.6 Å². The number of rotatable bonds is 3. The Hall–Kier alpha value is -1.07. The Balaban J connectivity index is 2.69. The fourth-order valence-corrected chi connectivity index (χ4v) is 1.62. The van der Waals surface area contributed by atoms with Crippen molar-refractivity contribution in [3.8, 4) is 0 Å². The molecule has 0 saturated heterocycles. The van der Waals surface area contributed by atoms with Crippen LogP contribution in [-0.2, 0) is 5.41 Å². The summed E-state index contributed by atoms with van der Waals surface area (Å²) in [5, 5.41) is 2.70. The first kappa shape index (κ1) is 13.0. The van der Waals surface area contributed by atoms with Gasteiger partial charge in [-0.1, -0.05) is 41.9 Å². The Morgan fingerprint density at radius 3 is 2.44 bits per heavy atom. The van der Waals surface area contributed by atoms with Gasteiger partial charge in [-0.05, 0) is 17.7 Å². The molecule has 0 fully saturated rings. The lowest BCUT2D eigenvalue weighted by molar-refractivity contribution is 0.238. The molecule has 0 aliphatic carbocycles. The minimum Gasteiger partial charge on any atom is -0.336 e. The minimum absolute atomic E-state index is 0.132. The van der Waals surface area contributed by atoms with E-state index >= 15 is 0 Å². The SMILES string of the molecule is CC(C)(CNC(=O)NN)c1ccc(Br)cc1. The fourth-order valence-electron chi connectivity index (χ4n) is 1.36. The molecule has 5 heteroatoms. The van der Waals surface area contributed by atoms with Gasteiger partial charge in [-0.2, -0.15) is 0 Å². The highest BCUT2D eigenvalue weighted by atomic mass is 79.9. The molecule has 0 heterocycles. The van der Waals surface area contributed by atoms with Crippen molar-refractivity contribution in [1.82, 2.24) is 10.7 Å². The molecule has 88 valence electrons. The quantitative estimate of drug-likeness (QED) is 0.451. The van der Waals surface area contributed by atoms with Crippen molar-refractivity contribution in [1.29, 1.82) is 0 Å². The molecule has 0 aromatic heterocycles. The van der Waals surface area contributed by atoms with E-state index in [0.717, 1.165) is 10.0 Å². The van der Waals surface area contributed by atoms with Crippen LogP contribution in [0, 0.1) is 0 Å². The summed E-state index contributed by atoms with van der Waals surface area (Å²) in [6.07, 6.45) is 0. The standard InChI is InChI=1S/C11H16BrN3O/c1-11(2,7-14-10(16)15-13)8-3-5-9(12)6-4-8/h3-6H,7,13H2,1-2H3,(H2,14,15,16). The molecule has 0 radical (unpaired) electrons. The van der Waals surface area contributed by atoms with Gasteiger partial charge in [0.25, 0.3) is 0 Å². The van der Waals surface area contributed by atoms with Crippen LogP contribution in [0.5, 0.6) is 0 Å². The molecular formula is C11H16BrN3O. The van der Waals surface area contributed by atoms with Gasteiger partial charge < -0.3 is 5.32 Å². The number of carbonyl (C=O) groups excluding carboxylic acids is 1. The number of nitrogens with two attached hydrogens (primary N) is 1.